The van der Waals surface area contributed by atoms with E-state index in [9.17, 15) is 0 Å². The molecule has 0 amide bonds. The van der Waals surface area contributed by atoms with E-state index in [0.29, 0.717) is 17.8 Å². The first-order chi connectivity index (χ1) is 7.33. The molecule has 7 heteroatoms. The molecule has 1 aromatic rings. The molecule has 1 aromatic heterocycles. The van der Waals surface area contributed by atoms with Crippen LogP contribution in [0.3, 0.4) is 0 Å². The molecule has 1 saturated heterocycles. The van der Waals surface area contributed by atoms with Gasteiger partial charge in [0, 0.05) is 20.1 Å². The van der Waals surface area contributed by atoms with Crippen molar-refractivity contribution in [1.29, 1.82) is 0 Å². The Hall–Kier alpha value is -1.63. The quantitative estimate of drug-likeness (QED) is 0.469. The van der Waals surface area contributed by atoms with Crippen LogP contribution in [0.15, 0.2) is 0 Å². The number of hydrogen-bond acceptors (Lipinski definition) is 7. The first kappa shape index (κ1) is 9.91. The van der Waals surface area contributed by atoms with Crippen LogP contribution in [0.1, 0.15) is 12.8 Å². The molecule has 0 unspecified atom stereocenters. The Morgan fingerprint density at radius 2 is 1.80 bits per heavy atom. The Kier molecular flexibility index (Phi) is 2.82. The second-order valence-corrected chi connectivity index (χ2v) is 3.37. The maximum absolute atomic E-state index is 5.29. The van der Waals surface area contributed by atoms with Gasteiger partial charge in [0.05, 0.1) is 0 Å². The summed E-state index contributed by atoms with van der Waals surface area (Å²) < 4.78 is 0. The number of nitrogens with zero attached hydrogens (tertiary/aromatic N) is 4. The molecule has 0 radical (unpaired) electrons. The highest BCUT2D eigenvalue weighted by atomic mass is 15.4. The van der Waals surface area contributed by atoms with Crippen LogP contribution in [0.2, 0.25) is 0 Å². The van der Waals surface area contributed by atoms with Gasteiger partial charge in [-0.15, -0.1) is 0 Å². The van der Waals surface area contributed by atoms with Gasteiger partial charge in [-0.25, -0.2) is 5.84 Å². The summed E-state index contributed by atoms with van der Waals surface area (Å²) in [5.74, 6) is 6.89. The molecule has 0 saturated carbocycles. The van der Waals surface area contributed by atoms with E-state index in [1.54, 1.807) is 7.05 Å². The fraction of sp³-hybridized carbons (Fsp3) is 0.625. The Bertz CT molecular complexity index is 312. The molecule has 0 aliphatic carbocycles. The predicted molar refractivity (Wildman–Crippen MR) is 58.6 cm³/mol. The molecule has 0 atom stereocenters. The lowest BCUT2D eigenvalue weighted by Gasteiger charge is -2.15. The third-order valence-corrected chi connectivity index (χ3v) is 2.37. The maximum atomic E-state index is 5.29. The normalized spacial score (nSPS) is 15.5. The van der Waals surface area contributed by atoms with Crippen LogP contribution < -0.4 is 21.5 Å². The molecule has 4 N–H and O–H groups in total. The number of aromatic nitrogens is 3. The lowest BCUT2D eigenvalue weighted by molar-refractivity contribution is 0.881. The topological polar surface area (TPSA) is 92.0 Å². The predicted octanol–water partition coefficient (Wildman–Crippen LogP) is -0.201. The zero-order valence-electron chi connectivity index (χ0n) is 8.69. The van der Waals surface area contributed by atoms with Gasteiger partial charge in [-0.05, 0) is 12.8 Å². The smallest absolute Gasteiger partial charge is 0.243 e. The Morgan fingerprint density at radius 1 is 1.13 bits per heavy atom. The molecule has 1 fully saturated rings. The van der Waals surface area contributed by atoms with Crippen molar-refractivity contribution >= 4 is 17.8 Å². The van der Waals surface area contributed by atoms with Gasteiger partial charge in [-0.2, -0.15) is 15.0 Å². The summed E-state index contributed by atoms with van der Waals surface area (Å²) in [6.07, 6.45) is 2.37. The molecule has 7 nitrogen and oxygen atoms in total. The van der Waals surface area contributed by atoms with Crippen LogP contribution in [0.4, 0.5) is 17.8 Å². The summed E-state index contributed by atoms with van der Waals surface area (Å²) in [5.41, 5.74) is 2.44. The van der Waals surface area contributed by atoms with Crippen LogP contribution in [0.25, 0.3) is 0 Å². The van der Waals surface area contributed by atoms with Gasteiger partial charge in [-0.3, -0.25) is 5.43 Å². The van der Waals surface area contributed by atoms with E-state index in [4.69, 9.17) is 5.84 Å². The van der Waals surface area contributed by atoms with Gasteiger partial charge < -0.3 is 10.2 Å². The molecule has 2 rings (SSSR count). The molecular weight excluding hydrogens is 194 g/mol. The molecule has 2 heterocycles. The summed E-state index contributed by atoms with van der Waals surface area (Å²) in [5, 5.41) is 2.88. The monoisotopic (exact) mass is 209 g/mol. The van der Waals surface area contributed by atoms with Gasteiger partial charge in [0.15, 0.2) is 0 Å². The minimum Gasteiger partial charge on any atom is -0.357 e. The number of rotatable bonds is 3. The van der Waals surface area contributed by atoms with Gasteiger partial charge >= 0.3 is 0 Å². The van der Waals surface area contributed by atoms with E-state index < -0.39 is 0 Å². The average Bonchev–Trinajstić information content (AvgIpc) is 2.81. The standard InChI is InChI=1S/C8H15N7/c1-10-6-11-7(14-9)13-8(12-6)15-4-2-3-5-15/h2-5,9H2,1H3,(H2,10,11,12,13,14). The summed E-state index contributed by atoms with van der Waals surface area (Å²) in [7, 11) is 1.77. The number of hydrogen-bond donors (Lipinski definition) is 3. The minimum atomic E-state index is 0.385. The molecule has 0 spiro atoms. The van der Waals surface area contributed by atoms with E-state index in [2.05, 4.69) is 30.6 Å². The third-order valence-electron chi connectivity index (χ3n) is 2.37. The highest BCUT2D eigenvalue weighted by Crippen LogP contribution is 2.17. The lowest BCUT2D eigenvalue weighted by atomic mass is 10.4. The van der Waals surface area contributed by atoms with Gasteiger partial charge in [0.2, 0.25) is 17.8 Å². The molecule has 1 aliphatic heterocycles. The summed E-state index contributed by atoms with van der Waals surface area (Å²) >= 11 is 0. The Balaban J connectivity index is 2.28. The number of nitrogen functional groups attached to an aromatic ring is 1. The lowest BCUT2D eigenvalue weighted by Crippen LogP contribution is -2.23. The number of anilines is 3. The van der Waals surface area contributed by atoms with Gasteiger partial charge in [-0.1, -0.05) is 0 Å². The van der Waals surface area contributed by atoms with E-state index >= 15 is 0 Å². The summed E-state index contributed by atoms with van der Waals surface area (Å²) in [6.45, 7) is 1.99. The van der Waals surface area contributed by atoms with Crippen molar-refractivity contribution in [3.63, 3.8) is 0 Å². The van der Waals surface area contributed by atoms with Crippen LogP contribution in [-0.2, 0) is 0 Å². The maximum Gasteiger partial charge on any atom is 0.243 e. The van der Waals surface area contributed by atoms with Crippen LogP contribution in [-0.4, -0.2) is 35.1 Å². The largest absolute Gasteiger partial charge is 0.357 e. The third kappa shape index (κ3) is 2.07. The van der Waals surface area contributed by atoms with Crippen molar-refractivity contribution in [3.8, 4) is 0 Å². The summed E-state index contributed by atoms with van der Waals surface area (Å²) in [4.78, 5) is 14.7. The molecule has 0 bridgehead atoms. The first-order valence-electron chi connectivity index (χ1n) is 4.99. The molecule has 15 heavy (non-hydrogen) atoms. The van der Waals surface area contributed by atoms with Gasteiger partial charge in [0.1, 0.15) is 0 Å². The van der Waals surface area contributed by atoms with Crippen molar-refractivity contribution in [3.05, 3.63) is 0 Å². The first-order valence-corrected chi connectivity index (χ1v) is 4.99. The second kappa shape index (κ2) is 4.26. The highest BCUT2D eigenvalue weighted by Gasteiger charge is 2.16. The number of hydrazine groups is 1. The number of nitrogens with two attached hydrogens (primary N) is 1. The minimum absolute atomic E-state index is 0.385. The zero-order chi connectivity index (χ0) is 10.7. The molecule has 82 valence electrons. The summed E-state index contributed by atoms with van der Waals surface area (Å²) in [6, 6.07) is 0. The molecule has 0 aromatic carbocycles. The van der Waals surface area contributed by atoms with Crippen molar-refractivity contribution in [1.82, 2.24) is 15.0 Å². The molecule has 1 aliphatic rings. The van der Waals surface area contributed by atoms with E-state index in [0.717, 1.165) is 13.1 Å². The van der Waals surface area contributed by atoms with Crippen molar-refractivity contribution in [2.75, 3.05) is 35.8 Å². The second-order valence-electron chi connectivity index (χ2n) is 3.37. The molecular formula is C8H15N7. The van der Waals surface area contributed by atoms with Crippen molar-refractivity contribution in [2.45, 2.75) is 12.8 Å². The fourth-order valence-electron chi connectivity index (χ4n) is 1.60. The van der Waals surface area contributed by atoms with Crippen LogP contribution >= 0.6 is 0 Å². The Morgan fingerprint density at radius 3 is 2.40 bits per heavy atom. The SMILES string of the molecule is CNc1nc(NN)nc(N2CCCC2)n1. The van der Waals surface area contributed by atoms with E-state index in [-0.39, 0.29) is 0 Å². The zero-order valence-corrected chi connectivity index (χ0v) is 8.69. The van der Waals surface area contributed by atoms with E-state index in [1.165, 1.54) is 12.8 Å². The Labute approximate surface area is 88.1 Å². The van der Waals surface area contributed by atoms with Crippen molar-refractivity contribution < 1.29 is 0 Å². The average molecular weight is 209 g/mol. The van der Waals surface area contributed by atoms with Crippen LogP contribution in [0.5, 0.6) is 0 Å². The van der Waals surface area contributed by atoms with E-state index in [1.807, 2.05) is 0 Å². The van der Waals surface area contributed by atoms with Crippen LogP contribution in [0, 0.1) is 0 Å². The highest BCUT2D eigenvalue weighted by molar-refractivity contribution is 5.43. The van der Waals surface area contributed by atoms with Gasteiger partial charge in [0.25, 0.3) is 0 Å². The number of nitrogens with one attached hydrogen (secondary N) is 2. The fourth-order valence-corrected chi connectivity index (χ4v) is 1.60. The van der Waals surface area contributed by atoms with Crippen molar-refractivity contribution in [2.24, 2.45) is 5.84 Å².